The number of hydrogen-bond donors (Lipinski definition) is 3. The molecule has 6 nitrogen and oxygen atoms in total. The quantitative estimate of drug-likeness (QED) is 0.611. The van der Waals surface area contributed by atoms with E-state index >= 15 is 0 Å². The van der Waals surface area contributed by atoms with E-state index in [-0.39, 0.29) is 23.8 Å². The summed E-state index contributed by atoms with van der Waals surface area (Å²) < 4.78 is 25.8. The van der Waals surface area contributed by atoms with Crippen LogP contribution in [0.3, 0.4) is 0 Å². The SMILES string of the molecule is O=C(O)Cc1ccc(S(=O)(=O)NCCCO)s1. The van der Waals surface area contributed by atoms with E-state index in [2.05, 4.69) is 4.72 Å². The first-order chi connectivity index (χ1) is 7.95. The third kappa shape index (κ3) is 4.43. The van der Waals surface area contributed by atoms with Gasteiger partial charge < -0.3 is 10.2 Å². The Morgan fingerprint density at radius 1 is 1.41 bits per heavy atom. The fraction of sp³-hybridized carbons (Fsp3) is 0.444. The maximum atomic E-state index is 11.7. The van der Waals surface area contributed by atoms with Crippen molar-refractivity contribution in [2.24, 2.45) is 0 Å². The molecule has 1 rings (SSSR count). The molecule has 0 radical (unpaired) electrons. The molecule has 0 atom stereocenters. The maximum absolute atomic E-state index is 11.7. The Morgan fingerprint density at radius 2 is 2.12 bits per heavy atom. The van der Waals surface area contributed by atoms with E-state index in [4.69, 9.17) is 10.2 Å². The highest BCUT2D eigenvalue weighted by Crippen LogP contribution is 2.21. The largest absolute Gasteiger partial charge is 0.481 e. The molecule has 0 aliphatic heterocycles. The molecular weight excluding hydrogens is 266 g/mol. The van der Waals surface area contributed by atoms with E-state index in [1.165, 1.54) is 12.1 Å². The normalized spacial score (nSPS) is 11.6. The number of sulfonamides is 1. The molecule has 0 bridgehead atoms. The molecule has 96 valence electrons. The zero-order chi connectivity index (χ0) is 12.9. The Hall–Kier alpha value is -0.960. The van der Waals surface area contributed by atoms with Crippen molar-refractivity contribution < 1.29 is 23.4 Å². The second-order valence-corrected chi connectivity index (χ2v) is 6.43. The summed E-state index contributed by atoms with van der Waals surface area (Å²) in [7, 11) is -3.58. The summed E-state index contributed by atoms with van der Waals surface area (Å²) in [4.78, 5) is 10.9. The Balaban J connectivity index is 2.71. The van der Waals surface area contributed by atoms with Crippen LogP contribution in [0.15, 0.2) is 16.3 Å². The fourth-order valence-corrected chi connectivity index (χ4v) is 3.57. The van der Waals surface area contributed by atoms with Gasteiger partial charge in [-0.25, -0.2) is 13.1 Å². The first-order valence-corrected chi connectivity index (χ1v) is 7.16. The Bertz CT molecular complexity index is 479. The molecule has 3 N–H and O–H groups in total. The number of thiophene rings is 1. The number of nitrogens with one attached hydrogen (secondary N) is 1. The molecular formula is C9H13NO5S2. The molecule has 0 saturated carbocycles. The van der Waals surface area contributed by atoms with Gasteiger partial charge in [-0.3, -0.25) is 4.79 Å². The van der Waals surface area contributed by atoms with Crippen LogP contribution >= 0.6 is 11.3 Å². The number of aliphatic hydroxyl groups excluding tert-OH is 1. The lowest BCUT2D eigenvalue weighted by molar-refractivity contribution is -0.136. The third-order valence-corrected chi connectivity index (χ3v) is 4.89. The number of carbonyl (C=O) groups is 1. The molecule has 1 aromatic rings. The Morgan fingerprint density at radius 3 is 2.71 bits per heavy atom. The molecule has 0 aliphatic rings. The van der Waals surface area contributed by atoms with Gasteiger partial charge in [0.15, 0.2) is 0 Å². The standard InChI is InChI=1S/C9H13NO5S2/c11-5-1-4-10-17(14,15)9-3-2-7(16-9)6-8(12)13/h2-3,10-11H,1,4-6H2,(H,12,13). The molecule has 1 heterocycles. The smallest absolute Gasteiger partial charge is 0.308 e. The first kappa shape index (κ1) is 14.1. The number of rotatable bonds is 7. The van der Waals surface area contributed by atoms with E-state index < -0.39 is 16.0 Å². The molecule has 0 aromatic carbocycles. The van der Waals surface area contributed by atoms with Crippen molar-refractivity contribution in [3.8, 4) is 0 Å². The van der Waals surface area contributed by atoms with E-state index in [1.807, 2.05) is 0 Å². The van der Waals surface area contributed by atoms with Gasteiger partial charge in [-0.05, 0) is 18.6 Å². The zero-order valence-corrected chi connectivity index (χ0v) is 10.6. The molecule has 0 spiro atoms. The zero-order valence-electron chi connectivity index (χ0n) is 8.92. The molecule has 1 aromatic heterocycles. The number of aliphatic hydroxyl groups is 1. The summed E-state index contributed by atoms with van der Waals surface area (Å²) in [5, 5.41) is 17.1. The Kier molecular flexibility index (Phi) is 5.06. The van der Waals surface area contributed by atoms with Gasteiger partial charge in [0.1, 0.15) is 4.21 Å². The highest BCUT2D eigenvalue weighted by Gasteiger charge is 2.16. The number of carboxylic acid groups (broad SMARTS) is 1. The number of carboxylic acids is 1. The van der Waals surface area contributed by atoms with Gasteiger partial charge in [-0.15, -0.1) is 11.3 Å². The minimum Gasteiger partial charge on any atom is -0.481 e. The molecule has 0 aliphatic carbocycles. The van der Waals surface area contributed by atoms with Crippen LogP contribution in [0.1, 0.15) is 11.3 Å². The molecule has 0 saturated heterocycles. The summed E-state index contributed by atoms with van der Waals surface area (Å²) in [6, 6.07) is 2.86. The van der Waals surface area contributed by atoms with E-state index in [0.29, 0.717) is 11.3 Å². The lowest BCUT2D eigenvalue weighted by atomic mass is 10.3. The number of aliphatic carboxylic acids is 1. The van der Waals surface area contributed by atoms with Crippen LogP contribution in [-0.4, -0.2) is 37.8 Å². The summed E-state index contributed by atoms with van der Waals surface area (Å²) in [5.74, 6) is -0.996. The van der Waals surface area contributed by atoms with Crippen LogP contribution in [0.4, 0.5) is 0 Å². The van der Waals surface area contributed by atoms with Crippen molar-refractivity contribution in [3.05, 3.63) is 17.0 Å². The lowest BCUT2D eigenvalue weighted by Crippen LogP contribution is -2.24. The summed E-state index contributed by atoms with van der Waals surface area (Å²) in [6.45, 7) is 0.0716. The predicted molar refractivity (Wildman–Crippen MR) is 62.6 cm³/mol. The molecule has 17 heavy (non-hydrogen) atoms. The number of hydrogen-bond acceptors (Lipinski definition) is 5. The molecule has 0 amide bonds. The van der Waals surface area contributed by atoms with Crippen LogP contribution in [0, 0.1) is 0 Å². The summed E-state index contributed by atoms with van der Waals surface area (Å²) in [5.41, 5.74) is 0. The van der Waals surface area contributed by atoms with Crippen LogP contribution in [-0.2, 0) is 21.2 Å². The van der Waals surface area contributed by atoms with E-state index in [1.54, 1.807) is 0 Å². The first-order valence-electron chi connectivity index (χ1n) is 4.87. The van der Waals surface area contributed by atoms with Gasteiger partial charge >= 0.3 is 5.97 Å². The van der Waals surface area contributed by atoms with Crippen molar-refractivity contribution in [1.82, 2.24) is 4.72 Å². The maximum Gasteiger partial charge on any atom is 0.308 e. The second kappa shape index (κ2) is 6.10. The van der Waals surface area contributed by atoms with E-state index in [9.17, 15) is 13.2 Å². The van der Waals surface area contributed by atoms with Gasteiger partial charge in [0, 0.05) is 18.0 Å². The van der Waals surface area contributed by atoms with Gasteiger partial charge in [0.2, 0.25) is 10.0 Å². The molecule has 8 heteroatoms. The minimum absolute atomic E-state index is 0.0861. The highest BCUT2D eigenvalue weighted by molar-refractivity contribution is 7.91. The van der Waals surface area contributed by atoms with Crippen LogP contribution < -0.4 is 4.72 Å². The predicted octanol–water partition coefficient (Wildman–Crippen LogP) is 0.0359. The Labute approximate surface area is 103 Å². The summed E-state index contributed by atoms with van der Waals surface area (Å²) in [6.07, 6.45) is 0.156. The van der Waals surface area contributed by atoms with Gasteiger partial charge in [0.25, 0.3) is 0 Å². The van der Waals surface area contributed by atoms with Crippen molar-refractivity contribution in [3.63, 3.8) is 0 Å². The molecule has 0 unspecified atom stereocenters. The van der Waals surface area contributed by atoms with Crippen LogP contribution in [0.25, 0.3) is 0 Å². The highest BCUT2D eigenvalue weighted by atomic mass is 32.2. The van der Waals surface area contributed by atoms with Crippen molar-refractivity contribution in [2.45, 2.75) is 17.1 Å². The van der Waals surface area contributed by atoms with Crippen molar-refractivity contribution in [1.29, 1.82) is 0 Å². The second-order valence-electron chi connectivity index (χ2n) is 3.27. The summed E-state index contributed by atoms with van der Waals surface area (Å²) >= 11 is 0.932. The van der Waals surface area contributed by atoms with E-state index in [0.717, 1.165) is 11.3 Å². The average Bonchev–Trinajstić information content (AvgIpc) is 2.66. The fourth-order valence-electron chi connectivity index (χ4n) is 1.10. The topological polar surface area (TPSA) is 104 Å². The van der Waals surface area contributed by atoms with Gasteiger partial charge in [-0.2, -0.15) is 0 Å². The van der Waals surface area contributed by atoms with Gasteiger partial charge in [-0.1, -0.05) is 0 Å². The van der Waals surface area contributed by atoms with Gasteiger partial charge in [0.05, 0.1) is 6.42 Å². The average molecular weight is 279 g/mol. The van der Waals surface area contributed by atoms with Crippen molar-refractivity contribution in [2.75, 3.05) is 13.2 Å². The molecule has 0 fully saturated rings. The van der Waals surface area contributed by atoms with Crippen molar-refractivity contribution >= 4 is 27.3 Å². The minimum atomic E-state index is -3.58. The van der Waals surface area contributed by atoms with Crippen LogP contribution in [0.2, 0.25) is 0 Å². The third-order valence-electron chi connectivity index (χ3n) is 1.85. The van der Waals surface area contributed by atoms with Crippen LogP contribution in [0.5, 0.6) is 0 Å². The monoisotopic (exact) mass is 279 g/mol. The lowest BCUT2D eigenvalue weighted by Gasteiger charge is -2.02.